The van der Waals surface area contributed by atoms with Crippen LogP contribution < -0.4 is 0 Å². The summed E-state index contributed by atoms with van der Waals surface area (Å²) in [6.45, 7) is 1.96. The van der Waals surface area contributed by atoms with Gasteiger partial charge in [0, 0.05) is 12.6 Å². The second-order valence-electron chi connectivity index (χ2n) is 4.50. The summed E-state index contributed by atoms with van der Waals surface area (Å²) in [5.41, 5.74) is 2.74. The molecule has 2 heterocycles. The highest BCUT2D eigenvalue weighted by Crippen LogP contribution is 2.26. The normalized spacial score (nSPS) is 12.7. The number of aliphatic hydroxyl groups is 1. The maximum atomic E-state index is 10.3. The van der Waals surface area contributed by atoms with Crippen molar-refractivity contribution in [3.8, 4) is 0 Å². The number of aryl methyl sites for hydroxylation is 1. The second-order valence-corrected chi connectivity index (χ2v) is 5.62. The first-order chi connectivity index (χ1) is 9.24. The molecule has 0 bridgehead atoms. The summed E-state index contributed by atoms with van der Waals surface area (Å²) in [5, 5.41) is 11.2. The van der Waals surface area contributed by atoms with E-state index in [1.807, 2.05) is 37.3 Å². The van der Waals surface area contributed by atoms with Crippen LogP contribution in [0, 0.1) is 6.92 Å². The fraction of sp³-hybridized carbons (Fsp3) is 0.200. The number of aromatic nitrogens is 2. The molecule has 0 aliphatic carbocycles. The highest BCUT2D eigenvalue weighted by molar-refractivity contribution is 7.18. The minimum atomic E-state index is -0.596. The van der Waals surface area contributed by atoms with Gasteiger partial charge in [0.05, 0.1) is 20.9 Å². The first kappa shape index (κ1) is 12.3. The molecule has 0 saturated carbocycles. The van der Waals surface area contributed by atoms with Crippen molar-refractivity contribution in [2.45, 2.75) is 19.4 Å². The summed E-state index contributed by atoms with van der Waals surface area (Å²) in [4.78, 5) is 8.79. The number of aliphatic hydroxyl groups excluding tert-OH is 1. The van der Waals surface area contributed by atoms with E-state index in [0.717, 1.165) is 26.5 Å². The van der Waals surface area contributed by atoms with Gasteiger partial charge in [-0.05, 0) is 30.7 Å². The second kappa shape index (κ2) is 5.07. The van der Waals surface area contributed by atoms with Gasteiger partial charge in [-0.1, -0.05) is 18.2 Å². The van der Waals surface area contributed by atoms with Gasteiger partial charge in [0.1, 0.15) is 6.10 Å². The zero-order chi connectivity index (χ0) is 13.2. The van der Waals surface area contributed by atoms with Crippen LogP contribution in [-0.4, -0.2) is 15.1 Å². The van der Waals surface area contributed by atoms with E-state index in [-0.39, 0.29) is 0 Å². The van der Waals surface area contributed by atoms with Crippen LogP contribution in [0.2, 0.25) is 0 Å². The predicted octanol–water partition coefficient (Wildman–Crippen LogP) is 3.28. The van der Waals surface area contributed by atoms with Crippen LogP contribution in [0.4, 0.5) is 0 Å². The smallest absolute Gasteiger partial charge is 0.103 e. The van der Waals surface area contributed by atoms with Gasteiger partial charge in [-0.3, -0.25) is 4.98 Å². The topological polar surface area (TPSA) is 46.0 Å². The van der Waals surface area contributed by atoms with Gasteiger partial charge in [0.25, 0.3) is 0 Å². The van der Waals surface area contributed by atoms with Crippen molar-refractivity contribution in [1.29, 1.82) is 0 Å². The van der Waals surface area contributed by atoms with Gasteiger partial charge in [-0.15, -0.1) is 11.3 Å². The highest BCUT2D eigenvalue weighted by atomic mass is 32.1. The van der Waals surface area contributed by atoms with Crippen molar-refractivity contribution in [3.05, 3.63) is 58.9 Å². The largest absolute Gasteiger partial charge is 0.386 e. The van der Waals surface area contributed by atoms with Crippen molar-refractivity contribution in [1.82, 2.24) is 9.97 Å². The highest BCUT2D eigenvalue weighted by Gasteiger charge is 2.14. The van der Waals surface area contributed by atoms with E-state index in [2.05, 4.69) is 16.0 Å². The summed E-state index contributed by atoms with van der Waals surface area (Å²) in [6.07, 6.45) is 1.63. The van der Waals surface area contributed by atoms with Crippen molar-refractivity contribution < 1.29 is 5.11 Å². The lowest BCUT2D eigenvalue weighted by molar-refractivity contribution is 0.173. The molecule has 0 saturated heterocycles. The van der Waals surface area contributed by atoms with Crippen molar-refractivity contribution in [3.63, 3.8) is 0 Å². The Kier molecular flexibility index (Phi) is 3.27. The minimum Gasteiger partial charge on any atom is -0.386 e. The van der Waals surface area contributed by atoms with Crippen molar-refractivity contribution >= 4 is 21.6 Å². The molecule has 1 aromatic carbocycles. The predicted molar refractivity (Wildman–Crippen MR) is 77.3 cm³/mol. The molecule has 96 valence electrons. The number of nitrogens with zero attached hydrogens (tertiary/aromatic N) is 2. The van der Waals surface area contributed by atoms with Gasteiger partial charge < -0.3 is 5.11 Å². The summed E-state index contributed by atoms with van der Waals surface area (Å²) in [6, 6.07) is 11.9. The van der Waals surface area contributed by atoms with Crippen molar-refractivity contribution in [2.24, 2.45) is 0 Å². The van der Waals surface area contributed by atoms with E-state index in [0.29, 0.717) is 6.42 Å². The summed E-state index contributed by atoms with van der Waals surface area (Å²) < 4.78 is 1.16. The van der Waals surface area contributed by atoms with Gasteiger partial charge in [-0.2, -0.15) is 0 Å². The molecule has 3 rings (SSSR count). The van der Waals surface area contributed by atoms with E-state index >= 15 is 0 Å². The molecule has 0 radical (unpaired) electrons. The summed E-state index contributed by atoms with van der Waals surface area (Å²) in [5.74, 6) is 0. The number of hydrogen-bond acceptors (Lipinski definition) is 4. The molecule has 0 fully saturated rings. The number of para-hydroxylation sites is 1. The maximum absolute atomic E-state index is 10.3. The molecule has 0 aliphatic heterocycles. The average Bonchev–Trinajstić information content (AvgIpc) is 2.81. The molecule has 0 aliphatic rings. The molecule has 0 amide bonds. The van der Waals surface area contributed by atoms with Crippen LogP contribution in [0.1, 0.15) is 22.4 Å². The third-order valence-corrected chi connectivity index (χ3v) is 4.13. The number of hydrogen-bond donors (Lipinski definition) is 1. The van der Waals surface area contributed by atoms with E-state index in [9.17, 15) is 5.11 Å². The third kappa shape index (κ3) is 2.50. The van der Waals surface area contributed by atoms with Crippen molar-refractivity contribution in [2.75, 3.05) is 0 Å². The van der Waals surface area contributed by atoms with E-state index < -0.39 is 6.10 Å². The van der Waals surface area contributed by atoms with Crippen LogP contribution >= 0.6 is 11.3 Å². The Morgan fingerprint density at radius 3 is 2.84 bits per heavy atom. The van der Waals surface area contributed by atoms with Gasteiger partial charge in [0.2, 0.25) is 0 Å². The van der Waals surface area contributed by atoms with Gasteiger partial charge >= 0.3 is 0 Å². The monoisotopic (exact) mass is 270 g/mol. The molecule has 19 heavy (non-hydrogen) atoms. The van der Waals surface area contributed by atoms with E-state index in [1.165, 1.54) is 0 Å². The molecular formula is C15H14N2OS. The SMILES string of the molecule is Cc1cccnc1C(O)Cc1nc2ccccc2s1. The fourth-order valence-corrected chi connectivity index (χ4v) is 3.12. The van der Waals surface area contributed by atoms with Crippen LogP contribution in [0.15, 0.2) is 42.6 Å². The zero-order valence-corrected chi connectivity index (χ0v) is 11.4. The Labute approximate surface area is 115 Å². The van der Waals surface area contributed by atoms with Gasteiger partial charge in [-0.25, -0.2) is 4.98 Å². The minimum absolute atomic E-state index is 0.511. The van der Waals surface area contributed by atoms with Crippen LogP contribution in [0.3, 0.4) is 0 Å². The van der Waals surface area contributed by atoms with Gasteiger partial charge in [0.15, 0.2) is 0 Å². The molecule has 1 unspecified atom stereocenters. The number of rotatable bonds is 3. The number of thiazole rings is 1. The molecule has 1 atom stereocenters. The lowest BCUT2D eigenvalue weighted by Gasteiger charge is -2.10. The molecule has 2 aromatic heterocycles. The Morgan fingerprint density at radius 2 is 2.05 bits per heavy atom. The quantitative estimate of drug-likeness (QED) is 0.794. The van der Waals surface area contributed by atoms with Crippen LogP contribution in [-0.2, 0) is 6.42 Å². The van der Waals surface area contributed by atoms with Crippen LogP contribution in [0.5, 0.6) is 0 Å². The average molecular weight is 270 g/mol. The molecule has 3 aromatic rings. The number of pyridine rings is 1. The maximum Gasteiger partial charge on any atom is 0.103 e. The Bertz CT molecular complexity index is 675. The standard InChI is InChI=1S/C15H14N2OS/c1-10-5-4-8-16-15(10)12(18)9-14-17-11-6-2-3-7-13(11)19-14/h2-8,12,18H,9H2,1H3. The molecule has 0 spiro atoms. The first-order valence-corrected chi connectivity index (χ1v) is 7.00. The van der Waals surface area contributed by atoms with E-state index in [4.69, 9.17) is 0 Å². The van der Waals surface area contributed by atoms with E-state index in [1.54, 1.807) is 17.5 Å². The number of fused-ring (bicyclic) bond motifs is 1. The lowest BCUT2D eigenvalue weighted by Crippen LogP contribution is -2.05. The first-order valence-electron chi connectivity index (χ1n) is 6.18. The molecule has 4 heteroatoms. The third-order valence-electron chi connectivity index (χ3n) is 3.07. The Morgan fingerprint density at radius 1 is 1.21 bits per heavy atom. The van der Waals surface area contributed by atoms with Crippen LogP contribution in [0.25, 0.3) is 10.2 Å². The fourth-order valence-electron chi connectivity index (χ4n) is 2.12. The summed E-state index contributed by atoms with van der Waals surface area (Å²) >= 11 is 1.63. The molecule has 3 nitrogen and oxygen atoms in total. The number of benzene rings is 1. The Balaban J connectivity index is 1.86. The lowest BCUT2D eigenvalue weighted by atomic mass is 10.1. The Hall–Kier alpha value is -1.78. The summed E-state index contributed by atoms with van der Waals surface area (Å²) in [7, 11) is 0. The zero-order valence-electron chi connectivity index (χ0n) is 10.6. The molecule has 1 N–H and O–H groups in total. The molecular weight excluding hydrogens is 256 g/mol.